The highest BCUT2D eigenvalue weighted by atomic mass is 35.5. The fourth-order valence-corrected chi connectivity index (χ4v) is 5.22. The Hall–Kier alpha value is -1.74. The highest BCUT2D eigenvalue weighted by Gasteiger charge is 2.26. The summed E-state index contributed by atoms with van der Waals surface area (Å²) in [5, 5.41) is 4.55. The van der Waals surface area contributed by atoms with Crippen molar-refractivity contribution in [3.05, 3.63) is 39.6 Å². The fraction of sp³-hybridized carbons (Fsp3) is 0.389. The minimum atomic E-state index is -0.158. The molecule has 4 heterocycles. The van der Waals surface area contributed by atoms with Crippen LogP contribution in [0, 0.1) is 0 Å². The monoisotopic (exact) mass is 424 g/mol. The number of fused-ring (bicyclic) bond motifs is 1. The van der Waals surface area contributed by atoms with Crippen molar-refractivity contribution in [2.75, 3.05) is 13.1 Å². The largest absolute Gasteiger partial charge is 0.337 e. The van der Waals surface area contributed by atoms with Gasteiger partial charge in [-0.25, -0.2) is 4.98 Å². The van der Waals surface area contributed by atoms with Gasteiger partial charge in [0.05, 0.1) is 11.7 Å². The van der Waals surface area contributed by atoms with Crippen LogP contribution in [0.15, 0.2) is 34.0 Å². The van der Waals surface area contributed by atoms with Crippen LogP contribution in [0.4, 0.5) is 0 Å². The van der Waals surface area contributed by atoms with Gasteiger partial charge >= 0.3 is 0 Å². The van der Waals surface area contributed by atoms with Crippen molar-refractivity contribution in [2.24, 2.45) is 5.73 Å². The lowest BCUT2D eigenvalue weighted by Crippen LogP contribution is -2.49. The van der Waals surface area contributed by atoms with E-state index in [0.717, 1.165) is 29.7 Å². The average Bonchev–Trinajstić information content (AvgIpc) is 3.33. The highest BCUT2D eigenvalue weighted by Crippen LogP contribution is 2.33. The van der Waals surface area contributed by atoms with E-state index in [2.05, 4.69) is 4.98 Å². The van der Waals surface area contributed by atoms with E-state index in [1.807, 2.05) is 27.8 Å². The molecule has 1 fully saturated rings. The summed E-state index contributed by atoms with van der Waals surface area (Å²) in [7, 11) is 0. The summed E-state index contributed by atoms with van der Waals surface area (Å²) in [6.45, 7) is 1.19. The summed E-state index contributed by atoms with van der Waals surface area (Å²) in [5.41, 5.74) is 6.56. The van der Waals surface area contributed by atoms with Crippen LogP contribution in [0.25, 0.3) is 20.7 Å². The van der Waals surface area contributed by atoms with E-state index in [0.29, 0.717) is 23.3 Å². The molecule has 1 amide bonds. The number of amides is 1. The molecule has 1 aliphatic heterocycles. The van der Waals surface area contributed by atoms with Gasteiger partial charge in [-0.3, -0.25) is 14.2 Å². The molecule has 0 spiro atoms. The number of nitrogens with two attached hydrogens (primary N) is 1. The second-order valence-electron chi connectivity index (χ2n) is 6.46. The first kappa shape index (κ1) is 20.0. The Balaban J connectivity index is 0.00000210. The molecule has 27 heavy (non-hydrogen) atoms. The van der Waals surface area contributed by atoms with Crippen LogP contribution in [0.5, 0.6) is 0 Å². The Morgan fingerprint density at radius 1 is 1.33 bits per heavy atom. The van der Waals surface area contributed by atoms with Crippen molar-refractivity contribution < 1.29 is 4.79 Å². The average molecular weight is 425 g/mol. The first-order valence-electron chi connectivity index (χ1n) is 8.69. The molecule has 1 saturated heterocycles. The number of thiophene rings is 2. The number of hydrogen-bond acceptors (Lipinski definition) is 6. The van der Waals surface area contributed by atoms with E-state index in [4.69, 9.17) is 5.73 Å². The maximum absolute atomic E-state index is 13.0. The topological polar surface area (TPSA) is 81.2 Å². The first-order chi connectivity index (χ1) is 12.7. The van der Waals surface area contributed by atoms with Gasteiger partial charge in [0, 0.05) is 35.0 Å². The van der Waals surface area contributed by atoms with E-state index in [9.17, 15) is 9.59 Å². The molecule has 1 aliphatic rings. The van der Waals surface area contributed by atoms with E-state index < -0.39 is 0 Å². The maximum atomic E-state index is 13.0. The molecule has 0 aliphatic carbocycles. The Morgan fingerprint density at radius 2 is 2.19 bits per heavy atom. The molecule has 1 unspecified atom stereocenters. The number of rotatable bonds is 4. The number of nitrogens with zero attached hydrogens (tertiary/aromatic N) is 3. The van der Waals surface area contributed by atoms with E-state index in [1.54, 1.807) is 11.3 Å². The van der Waals surface area contributed by atoms with Crippen LogP contribution in [0.1, 0.15) is 19.3 Å². The molecule has 0 bridgehead atoms. The van der Waals surface area contributed by atoms with Crippen LogP contribution >= 0.6 is 35.1 Å². The Labute approximate surface area is 171 Å². The third-order valence-electron chi connectivity index (χ3n) is 4.87. The van der Waals surface area contributed by atoms with Gasteiger partial charge in [0.1, 0.15) is 11.4 Å². The predicted octanol–water partition coefficient (Wildman–Crippen LogP) is 2.95. The number of carbonyl (C=O) groups excluding carboxylic acids is 1. The van der Waals surface area contributed by atoms with Crippen molar-refractivity contribution in [3.63, 3.8) is 0 Å². The Bertz CT molecular complexity index is 983. The van der Waals surface area contributed by atoms with Crippen molar-refractivity contribution >= 4 is 51.2 Å². The molecule has 0 radical (unpaired) electrons. The van der Waals surface area contributed by atoms with Crippen molar-refractivity contribution in [1.29, 1.82) is 0 Å². The van der Waals surface area contributed by atoms with Crippen LogP contribution in [-0.2, 0) is 11.3 Å². The molecule has 2 N–H and O–H groups in total. The summed E-state index contributed by atoms with van der Waals surface area (Å²) < 4.78 is 1.43. The zero-order valence-corrected chi connectivity index (χ0v) is 17.1. The minimum absolute atomic E-state index is 0. The Morgan fingerprint density at radius 3 is 2.93 bits per heavy atom. The van der Waals surface area contributed by atoms with E-state index in [-0.39, 0.29) is 36.5 Å². The second kappa shape index (κ2) is 8.52. The SMILES string of the molecule is Cl.NCC1CCCCN1C(=O)Cn1cnc2scc(-c3cccs3)c2c1=O. The Kier molecular flexibility index (Phi) is 6.31. The number of carbonyl (C=O) groups is 1. The number of aromatic nitrogens is 2. The van der Waals surface area contributed by atoms with Gasteiger partial charge in [-0.1, -0.05) is 6.07 Å². The predicted molar refractivity (Wildman–Crippen MR) is 113 cm³/mol. The van der Waals surface area contributed by atoms with Gasteiger partial charge in [0.2, 0.25) is 5.91 Å². The molecule has 9 heteroatoms. The van der Waals surface area contributed by atoms with E-state index >= 15 is 0 Å². The lowest BCUT2D eigenvalue weighted by Gasteiger charge is -2.35. The molecule has 6 nitrogen and oxygen atoms in total. The molecular formula is C18H21ClN4O2S2. The van der Waals surface area contributed by atoms with Gasteiger partial charge in [-0.15, -0.1) is 35.1 Å². The summed E-state index contributed by atoms with van der Waals surface area (Å²) in [6, 6.07) is 4.03. The number of piperidine rings is 1. The van der Waals surface area contributed by atoms with Gasteiger partial charge in [-0.2, -0.15) is 0 Å². The summed E-state index contributed by atoms with van der Waals surface area (Å²) in [6.07, 6.45) is 4.50. The normalized spacial score (nSPS) is 17.1. The molecule has 3 aromatic heterocycles. The molecule has 0 aromatic carbocycles. The van der Waals surface area contributed by atoms with Crippen LogP contribution in [-0.4, -0.2) is 39.5 Å². The second-order valence-corrected chi connectivity index (χ2v) is 8.26. The summed E-state index contributed by atoms with van der Waals surface area (Å²) in [4.78, 5) is 33.8. The van der Waals surface area contributed by atoms with Gasteiger partial charge in [-0.05, 0) is 30.7 Å². The first-order valence-corrected chi connectivity index (χ1v) is 10.4. The maximum Gasteiger partial charge on any atom is 0.263 e. The van der Waals surface area contributed by atoms with E-state index in [1.165, 1.54) is 22.2 Å². The molecule has 144 valence electrons. The van der Waals surface area contributed by atoms with Gasteiger partial charge in [0.25, 0.3) is 5.56 Å². The van der Waals surface area contributed by atoms with Crippen molar-refractivity contribution in [2.45, 2.75) is 31.8 Å². The number of likely N-dealkylation sites (tertiary alicyclic amines) is 1. The molecule has 1 atom stereocenters. The van der Waals surface area contributed by atoms with Crippen LogP contribution in [0.2, 0.25) is 0 Å². The smallest absolute Gasteiger partial charge is 0.263 e. The highest BCUT2D eigenvalue weighted by molar-refractivity contribution is 7.18. The third kappa shape index (κ3) is 3.80. The fourth-order valence-electron chi connectivity index (χ4n) is 3.50. The summed E-state index contributed by atoms with van der Waals surface area (Å²) in [5.74, 6) is -0.0590. The molecule has 4 rings (SSSR count). The third-order valence-corrected chi connectivity index (χ3v) is 6.66. The number of hydrogen-bond donors (Lipinski definition) is 1. The van der Waals surface area contributed by atoms with Crippen molar-refractivity contribution in [3.8, 4) is 10.4 Å². The summed E-state index contributed by atoms with van der Waals surface area (Å²) >= 11 is 3.05. The minimum Gasteiger partial charge on any atom is -0.337 e. The van der Waals surface area contributed by atoms with Gasteiger partial charge in [0.15, 0.2) is 0 Å². The number of halogens is 1. The molecular weight excluding hydrogens is 404 g/mol. The zero-order valence-electron chi connectivity index (χ0n) is 14.7. The van der Waals surface area contributed by atoms with Crippen LogP contribution < -0.4 is 11.3 Å². The lowest BCUT2D eigenvalue weighted by molar-refractivity contribution is -0.135. The zero-order chi connectivity index (χ0) is 18.1. The lowest BCUT2D eigenvalue weighted by atomic mass is 10.0. The standard InChI is InChI=1S/C18H20N4O2S2.ClH/c19-8-12-4-1-2-6-22(12)15(23)9-21-11-20-17-16(18(21)24)13(10-26-17)14-5-3-7-25-14;/h3,5,7,10-12H,1-2,4,6,8-9,19H2;1H. The quantitative estimate of drug-likeness (QED) is 0.698. The molecule has 0 saturated carbocycles. The van der Waals surface area contributed by atoms with Crippen molar-refractivity contribution in [1.82, 2.24) is 14.5 Å². The van der Waals surface area contributed by atoms with Gasteiger partial charge < -0.3 is 10.6 Å². The van der Waals surface area contributed by atoms with Crippen LogP contribution in [0.3, 0.4) is 0 Å². The molecule has 3 aromatic rings.